The van der Waals surface area contributed by atoms with E-state index in [1.165, 1.54) is 0 Å². The van der Waals surface area contributed by atoms with Gasteiger partial charge in [-0.05, 0) is 25.3 Å². The largest absolute Gasteiger partial charge is 0.468 e. The van der Waals surface area contributed by atoms with E-state index in [4.69, 9.17) is 4.42 Å². The Kier molecular flexibility index (Phi) is 3.04. The minimum Gasteiger partial charge on any atom is -0.468 e. The van der Waals surface area contributed by atoms with Gasteiger partial charge in [0.25, 0.3) is 5.91 Å². The number of β-amino-alcohol motifs (C(OH)–C–C–N with tert-alkyl or cyclic N) is 1. The van der Waals surface area contributed by atoms with E-state index >= 15 is 0 Å². The molecule has 0 bridgehead atoms. The van der Waals surface area contributed by atoms with Crippen LogP contribution in [0.25, 0.3) is 0 Å². The first-order valence-corrected chi connectivity index (χ1v) is 7.58. The molecule has 3 heterocycles. The van der Waals surface area contributed by atoms with Crippen LogP contribution in [0.15, 0.2) is 29.1 Å². The lowest BCUT2D eigenvalue weighted by molar-refractivity contribution is 0.0266. The number of hydrogen-bond acceptors (Lipinski definition) is 5. The Balaban J connectivity index is 1.47. The van der Waals surface area contributed by atoms with Crippen molar-refractivity contribution >= 4 is 5.91 Å². The molecule has 1 N–H and O–H groups in total. The molecule has 1 saturated heterocycles. The van der Waals surface area contributed by atoms with E-state index in [1.807, 2.05) is 0 Å². The molecule has 4 rings (SSSR count). The zero-order valence-electron chi connectivity index (χ0n) is 12.2. The molecule has 22 heavy (non-hydrogen) atoms. The van der Waals surface area contributed by atoms with Gasteiger partial charge in [0.15, 0.2) is 0 Å². The van der Waals surface area contributed by atoms with Gasteiger partial charge >= 0.3 is 0 Å². The van der Waals surface area contributed by atoms with E-state index < -0.39 is 5.60 Å². The van der Waals surface area contributed by atoms with Crippen molar-refractivity contribution in [3.05, 3.63) is 36.0 Å². The number of nitrogens with zero attached hydrogens (tertiary/aromatic N) is 4. The van der Waals surface area contributed by atoms with Gasteiger partial charge in [-0.25, -0.2) is 4.68 Å². The first kappa shape index (κ1) is 13.5. The molecule has 1 atom stereocenters. The van der Waals surface area contributed by atoms with E-state index in [0.29, 0.717) is 37.5 Å². The first-order valence-electron chi connectivity index (χ1n) is 7.58. The van der Waals surface area contributed by atoms with Gasteiger partial charge in [0, 0.05) is 18.7 Å². The lowest BCUT2D eigenvalue weighted by Crippen LogP contribution is -2.39. The summed E-state index contributed by atoms with van der Waals surface area (Å²) in [5.41, 5.74) is -0.306. The number of carbonyl (C=O) groups is 1. The Labute approximate surface area is 127 Å². The number of likely N-dealkylation sites (tertiary alicyclic amines) is 1. The minimum absolute atomic E-state index is 0.0508. The molecule has 7 nitrogen and oxygen atoms in total. The Morgan fingerprint density at radius 2 is 2.36 bits per heavy atom. The Morgan fingerprint density at radius 3 is 3.09 bits per heavy atom. The van der Waals surface area contributed by atoms with E-state index in [9.17, 15) is 9.90 Å². The highest BCUT2D eigenvalue weighted by molar-refractivity contribution is 5.95. The van der Waals surface area contributed by atoms with Crippen molar-refractivity contribution < 1.29 is 14.3 Å². The Hall–Kier alpha value is -2.15. The van der Waals surface area contributed by atoms with Crippen molar-refractivity contribution in [2.24, 2.45) is 0 Å². The van der Waals surface area contributed by atoms with Crippen molar-refractivity contribution in [2.75, 3.05) is 13.1 Å². The molecule has 2 fully saturated rings. The molecule has 116 valence electrons. The van der Waals surface area contributed by atoms with Crippen molar-refractivity contribution in [1.29, 1.82) is 0 Å². The number of hydrogen-bond donors (Lipinski definition) is 1. The number of rotatable bonds is 4. The van der Waals surface area contributed by atoms with Crippen molar-refractivity contribution in [3.63, 3.8) is 0 Å². The number of furan rings is 1. The SMILES string of the molecule is O=C(c1ccoc1C1CC1)N1CCC(O)(Cn2ccnn2)C1. The second kappa shape index (κ2) is 4.95. The quantitative estimate of drug-likeness (QED) is 0.911. The van der Waals surface area contributed by atoms with E-state index in [-0.39, 0.29) is 5.91 Å². The molecule has 2 aliphatic rings. The molecule has 1 unspecified atom stereocenters. The van der Waals surface area contributed by atoms with E-state index in [0.717, 1.165) is 18.6 Å². The molecule has 0 radical (unpaired) electrons. The summed E-state index contributed by atoms with van der Waals surface area (Å²) in [5, 5.41) is 18.3. The van der Waals surface area contributed by atoms with Crippen LogP contribution < -0.4 is 0 Å². The first-order chi connectivity index (χ1) is 10.6. The highest BCUT2D eigenvalue weighted by Crippen LogP contribution is 2.42. The molecule has 0 aromatic carbocycles. The lowest BCUT2D eigenvalue weighted by Gasteiger charge is -2.23. The molecular weight excluding hydrogens is 284 g/mol. The summed E-state index contributed by atoms with van der Waals surface area (Å²) in [6, 6.07) is 1.74. The predicted molar refractivity (Wildman–Crippen MR) is 76.2 cm³/mol. The van der Waals surface area contributed by atoms with Gasteiger partial charge in [0.2, 0.25) is 0 Å². The van der Waals surface area contributed by atoms with Gasteiger partial charge in [-0.1, -0.05) is 5.21 Å². The standard InChI is InChI=1S/C15H18N4O3/c20-14(12-3-8-22-13(12)11-1-2-11)18-6-4-15(21,9-18)10-19-7-5-16-17-19/h3,5,7-8,11,21H,1-2,4,6,9-10H2. The second-order valence-corrected chi connectivity index (χ2v) is 6.27. The van der Waals surface area contributed by atoms with Crippen LogP contribution in [0.5, 0.6) is 0 Å². The summed E-state index contributed by atoms with van der Waals surface area (Å²) >= 11 is 0. The van der Waals surface area contributed by atoms with Crippen LogP contribution in [-0.2, 0) is 6.54 Å². The molecule has 1 aliphatic heterocycles. The topological polar surface area (TPSA) is 84.4 Å². The van der Waals surface area contributed by atoms with Gasteiger partial charge < -0.3 is 14.4 Å². The van der Waals surface area contributed by atoms with Crippen LogP contribution >= 0.6 is 0 Å². The van der Waals surface area contributed by atoms with E-state index in [1.54, 1.807) is 34.3 Å². The maximum Gasteiger partial charge on any atom is 0.257 e. The van der Waals surface area contributed by atoms with Gasteiger partial charge in [-0.3, -0.25) is 4.79 Å². The highest BCUT2D eigenvalue weighted by atomic mass is 16.3. The van der Waals surface area contributed by atoms with Crippen LogP contribution in [0, 0.1) is 0 Å². The second-order valence-electron chi connectivity index (χ2n) is 6.27. The van der Waals surface area contributed by atoms with Crippen LogP contribution in [0.1, 0.15) is 41.3 Å². The van der Waals surface area contributed by atoms with Gasteiger partial charge in [-0.2, -0.15) is 0 Å². The molecular formula is C15H18N4O3. The summed E-state index contributed by atoms with van der Waals surface area (Å²) in [6.07, 6.45) is 7.58. The number of aromatic nitrogens is 3. The van der Waals surface area contributed by atoms with Crippen LogP contribution in [0.4, 0.5) is 0 Å². The van der Waals surface area contributed by atoms with Gasteiger partial charge in [0.05, 0.1) is 31.1 Å². The molecule has 2 aromatic rings. The summed E-state index contributed by atoms with van der Waals surface area (Å²) in [4.78, 5) is 14.4. The summed E-state index contributed by atoms with van der Waals surface area (Å²) < 4.78 is 7.07. The zero-order chi connectivity index (χ0) is 15.2. The average molecular weight is 302 g/mol. The fraction of sp³-hybridized carbons (Fsp3) is 0.533. The predicted octanol–water partition coefficient (Wildman–Crippen LogP) is 1.03. The molecule has 1 aliphatic carbocycles. The molecule has 0 spiro atoms. The maximum absolute atomic E-state index is 12.7. The summed E-state index contributed by atoms with van der Waals surface area (Å²) in [7, 11) is 0. The van der Waals surface area contributed by atoms with Gasteiger partial charge in [0.1, 0.15) is 11.4 Å². The molecule has 1 amide bonds. The van der Waals surface area contributed by atoms with Gasteiger partial charge in [-0.15, -0.1) is 5.10 Å². The van der Waals surface area contributed by atoms with E-state index in [2.05, 4.69) is 10.3 Å². The monoisotopic (exact) mass is 302 g/mol. The maximum atomic E-state index is 12.7. The third-order valence-corrected chi connectivity index (χ3v) is 4.42. The fourth-order valence-corrected chi connectivity index (χ4v) is 3.11. The third-order valence-electron chi connectivity index (χ3n) is 4.42. The highest BCUT2D eigenvalue weighted by Gasteiger charge is 2.41. The smallest absolute Gasteiger partial charge is 0.257 e. The zero-order valence-corrected chi connectivity index (χ0v) is 12.2. The minimum atomic E-state index is -0.952. The fourth-order valence-electron chi connectivity index (χ4n) is 3.11. The Morgan fingerprint density at radius 1 is 1.50 bits per heavy atom. The van der Waals surface area contributed by atoms with Crippen LogP contribution in [0.2, 0.25) is 0 Å². The van der Waals surface area contributed by atoms with Crippen LogP contribution in [0.3, 0.4) is 0 Å². The summed E-state index contributed by atoms with van der Waals surface area (Å²) in [6.45, 7) is 1.19. The Bertz CT molecular complexity index is 677. The van der Waals surface area contributed by atoms with Crippen LogP contribution in [-0.4, -0.2) is 49.6 Å². The van der Waals surface area contributed by atoms with Crippen molar-refractivity contribution in [1.82, 2.24) is 19.9 Å². The number of amides is 1. The molecule has 1 saturated carbocycles. The van der Waals surface area contributed by atoms with Crippen molar-refractivity contribution in [3.8, 4) is 0 Å². The molecule has 2 aromatic heterocycles. The lowest BCUT2D eigenvalue weighted by atomic mass is 10.0. The average Bonchev–Trinajstić information content (AvgIpc) is 2.94. The third kappa shape index (κ3) is 2.41. The van der Waals surface area contributed by atoms with Crippen molar-refractivity contribution in [2.45, 2.75) is 37.3 Å². The normalized spacial score (nSPS) is 24.9. The summed E-state index contributed by atoms with van der Waals surface area (Å²) in [5.74, 6) is 1.15. The number of aliphatic hydroxyl groups is 1. The number of carbonyl (C=O) groups excluding carboxylic acids is 1. The molecule has 7 heteroatoms.